The van der Waals surface area contributed by atoms with Crippen LogP contribution >= 0.6 is 0 Å². The molecule has 0 bridgehead atoms. The SMILES string of the molecule is C=C(C)C(=O)NC(C)C[N+](C)(C)CCCCCCCCCCCCCCCCCC. The zero-order chi connectivity index (χ0) is 22.7. The van der Waals surface area contributed by atoms with Crippen molar-refractivity contribution in [2.24, 2.45) is 0 Å². The van der Waals surface area contributed by atoms with Gasteiger partial charge in [0.1, 0.15) is 0 Å². The number of hydrogen-bond acceptors (Lipinski definition) is 1. The highest BCUT2D eigenvalue weighted by Gasteiger charge is 2.20. The molecule has 0 aliphatic rings. The zero-order valence-electron chi connectivity index (χ0n) is 21.4. The molecular formula is C27H55N2O+. The minimum atomic E-state index is -0.0232. The Morgan fingerprint density at radius 3 is 1.50 bits per heavy atom. The van der Waals surface area contributed by atoms with Crippen molar-refractivity contribution in [3.05, 3.63) is 12.2 Å². The highest BCUT2D eigenvalue weighted by atomic mass is 16.1. The van der Waals surface area contributed by atoms with Crippen molar-refractivity contribution in [2.45, 2.75) is 130 Å². The third-order valence-electron chi connectivity index (χ3n) is 6.15. The lowest BCUT2D eigenvalue weighted by atomic mass is 10.0. The predicted octanol–water partition coefficient (Wildman–Crippen LogP) is 7.41. The molecule has 0 aromatic rings. The van der Waals surface area contributed by atoms with Crippen LogP contribution < -0.4 is 5.32 Å². The number of nitrogens with one attached hydrogen (secondary N) is 1. The molecule has 1 unspecified atom stereocenters. The number of unbranched alkanes of at least 4 members (excludes halogenated alkanes) is 15. The summed E-state index contributed by atoms with van der Waals surface area (Å²) in [6.07, 6.45) is 22.6. The Labute approximate surface area is 189 Å². The topological polar surface area (TPSA) is 29.1 Å². The standard InChI is InChI=1S/C27H54N2O/c1-7-8-9-10-11-12-13-14-15-16-17-18-19-20-21-22-23-29(5,6)24-26(4)28-27(30)25(2)3/h26H,2,7-24H2,1,3-6H3/p+1. The fourth-order valence-corrected chi connectivity index (χ4v) is 4.31. The van der Waals surface area contributed by atoms with E-state index in [0.29, 0.717) is 5.57 Å². The number of likely N-dealkylation sites (N-methyl/N-ethyl adjacent to an activating group) is 1. The third-order valence-corrected chi connectivity index (χ3v) is 6.15. The van der Waals surface area contributed by atoms with E-state index < -0.39 is 0 Å². The summed E-state index contributed by atoms with van der Waals surface area (Å²) in [5.41, 5.74) is 0.588. The zero-order valence-corrected chi connectivity index (χ0v) is 21.4. The van der Waals surface area contributed by atoms with E-state index in [4.69, 9.17) is 0 Å². The predicted molar refractivity (Wildman–Crippen MR) is 134 cm³/mol. The van der Waals surface area contributed by atoms with Crippen molar-refractivity contribution in [1.82, 2.24) is 5.32 Å². The maximum atomic E-state index is 11.7. The number of carbonyl (C=O) groups is 1. The molecule has 1 N–H and O–H groups in total. The van der Waals surface area contributed by atoms with Crippen molar-refractivity contribution in [1.29, 1.82) is 0 Å². The molecule has 0 radical (unpaired) electrons. The summed E-state index contributed by atoms with van der Waals surface area (Å²) in [4.78, 5) is 11.7. The number of amides is 1. The molecule has 0 rings (SSSR count). The first-order valence-electron chi connectivity index (χ1n) is 13.1. The molecular weight excluding hydrogens is 368 g/mol. The van der Waals surface area contributed by atoms with Crippen molar-refractivity contribution in [3.63, 3.8) is 0 Å². The van der Waals surface area contributed by atoms with Gasteiger partial charge in [-0.05, 0) is 26.7 Å². The van der Waals surface area contributed by atoms with Gasteiger partial charge < -0.3 is 9.80 Å². The molecule has 0 spiro atoms. The second kappa shape index (κ2) is 18.9. The van der Waals surface area contributed by atoms with Crippen molar-refractivity contribution >= 4 is 5.91 Å². The summed E-state index contributed by atoms with van der Waals surface area (Å²) >= 11 is 0. The van der Waals surface area contributed by atoms with Crippen LogP contribution in [-0.2, 0) is 4.79 Å². The number of nitrogens with zero attached hydrogens (tertiary/aromatic N) is 1. The number of hydrogen-bond donors (Lipinski definition) is 1. The molecule has 0 aromatic carbocycles. The van der Waals surface area contributed by atoms with E-state index in [1.54, 1.807) is 6.92 Å². The maximum absolute atomic E-state index is 11.7. The molecule has 0 aliphatic heterocycles. The fraction of sp³-hybridized carbons (Fsp3) is 0.889. The van der Waals surface area contributed by atoms with Crippen molar-refractivity contribution in [2.75, 3.05) is 27.2 Å². The van der Waals surface area contributed by atoms with Gasteiger partial charge in [0.15, 0.2) is 0 Å². The van der Waals surface area contributed by atoms with Crippen molar-refractivity contribution < 1.29 is 9.28 Å². The lowest BCUT2D eigenvalue weighted by Crippen LogP contribution is -2.50. The van der Waals surface area contributed by atoms with E-state index in [-0.39, 0.29) is 11.9 Å². The average Bonchev–Trinajstić information content (AvgIpc) is 2.66. The summed E-state index contributed by atoms with van der Waals surface area (Å²) in [7, 11) is 4.54. The molecule has 0 saturated carbocycles. The van der Waals surface area contributed by atoms with Crippen LogP contribution in [0.4, 0.5) is 0 Å². The molecule has 0 aromatic heterocycles. The Balaban J connectivity index is 3.45. The van der Waals surface area contributed by atoms with Gasteiger partial charge in [-0.1, -0.05) is 103 Å². The van der Waals surface area contributed by atoms with Gasteiger partial charge >= 0.3 is 0 Å². The minimum absolute atomic E-state index is 0.0232. The molecule has 178 valence electrons. The van der Waals surface area contributed by atoms with Gasteiger partial charge in [0.2, 0.25) is 5.91 Å². The van der Waals surface area contributed by atoms with Crippen LogP contribution in [0.2, 0.25) is 0 Å². The maximum Gasteiger partial charge on any atom is 0.246 e. The smallest absolute Gasteiger partial charge is 0.246 e. The summed E-state index contributed by atoms with van der Waals surface area (Å²) in [6.45, 7) is 12.0. The fourth-order valence-electron chi connectivity index (χ4n) is 4.31. The Bertz CT molecular complexity index is 431. The molecule has 30 heavy (non-hydrogen) atoms. The quantitative estimate of drug-likeness (QED) is 0.116. The number of carbonyl (C=O) groups excluding carboxylic acids is 1. The van der Waals surface area contributed by atoms with Crippen molar-refractivity contribution in [3.8, 4) is 0 Å². The monoisotopic (exact) mass is 423 g/mol. The Kier molecular flexibility index (Phi) is 18.4. The van der Waals surface area contributed by atoms with Crippen LogP contribution in [0.25, 0.3) is 0 Å². The first kappa shape index (κ1) is 29.2. The average molecular weight is 424 g/mol. The van der Waals surface area contributed by atoms with Gasteiger partial charge in [0, 0.05) is 5.57 Å². The highest BCUT2D eigenvalue weighted by molar-refractivity contribution is 5.92. The van der Waals surface area contributed by atoms with Gasteiger partial charge in [0.25, 0.3) is 0 Å². The summed E-state index contributed by atoms with van der Waals surface area (Å²) in [5, 5.41) is 3.04. The molecule has 0 saturated heterocycles. The molecule has 0 heterocycles. The van der Waals surface area contributed by atoms with Crippen LogP contribution in [0.3, 0.4) is 0 Å². The van der Waals surface area contributed by atoms with E-state index in [2.05, 4.69) is 39.8 Å². The first-order chi connectivity index (χ1) is 14.3. The lowest BCUT2D eigenvalue weighted by Gasteiger charge is -2.32. The van der Waals surface area contributed by atoms with E-state index in [9.17, 15) is 4.79 Å². The number of rotatable bonds is 21. The van der Waals surface area contributed by atoms with Crippen LogP contribution in [0, 0.1) is 0 Å². The van der Waals surface area contributed by atoms with Crippen LogP contribution in [0.1, 0.15) is 124 Å². The second-order valence-corrected chi connectivity index (χ2v) is 10.3. The summed E-state index contributed by atoms with van der Waals surface area (Å²) in [5.74, 6) is -0.0232. The second-order valence-electron chi connectivity index (χ2n) is 10.3. The van der Waals surface area contributed by atoms with E-state index in [1.807, 2.05) is 0 Å². The Morgan fingerprint density at radius 1 is 0.767 bits per heavy atom. The first-order valence-corrected chi connectivity index (χ1v) is 13.1. The van der Waals surface area contributed by atoms with E-state index in [1.165, 1.54) is 109 Å². The van der Waals surface area contributed by atoms with Crippen LogP contribution in [0.5, 0.6) is 0 Å². The van der Waals surface area contributed by atoms with Gasteiger partial charge in [-0.2, -0.15) is 0 Å². The largest absolute Gasteiger partial charge is 0.344 e. The summed E-state index contributed by atoms with van der Waals surface area (Å²) < 4.78 is 0.968. The minimum Gasteiger partial charge on any atom is -0.344 e. The summed E-state index contributed by atoms with van der Waals surface area (Å²) in [6, 6.07) is 0.185. The highest BCUT2D eigenvalue weighted by Crippen LogP contribution is 2.14. The van der Waals surface area contributed by atoms with Crippen LogP contribution in [0.15, 0.2) is 12.2 Å². The Morgan fingerprint density at radius 2 is 1.13 bits per heavy atom. The molecule has 1 atom stereocenters. The number of quaternary nitrogens is 1. The Hall–Kier alpha value is -0.830. The molecule has 0 fully saturated rings. The van der Waals surface area contributed by atoms with E-state index in [0.717, 1.165) is 11.0 Å². The van der Waals surface area contributed by atoms with Crippen LogP contribution in [-0.4, -0.2) is 43.6 Å². The van der Waals surface area contributed by atoms with Gasteiger partial charge in [-0.3, -0.25) is 4.79 Å². The lowest BCUT2D eigenvalue weighted by molar-refractivity contribution is -0.891. The normalized spacial score (nSPS) is 12.7. The molecule has 0 aliphatic carbocycles. The molecule has 3 heteroatoms. The van der Waals surface area contributed by atoms with Gasteiger partial charge in [-0.15, -0.1) is 0 Å². The van der Waals surface area contributed by atoms with E-state index >= 15 is 0 Å². The van der Waals surface area contributed by atoms with Gasteiger partial charge in [0.05, 0.1) is 33.2 Å². The molecule has 1 amide bonds. The molecule has 3 nitrogen and oxygen atoms in total. The third kappa shape index (κ3) is 19.2. The van der Waals surface area contributed by atoms with Gasteiger partial charge in [-0.25, -0.2) is 0 Å².